The predicted octanol–water partition coefficient (Wildman–Crippen LogP) is 2.79. The van der Waals surface area contributed by atoms with Gasteiger partial charge in [0.25, 0.3) is 0 Å². The molecular weight excluding hydrogens is 282 g/mol. The quantitative estimate of drug-likeness (QED) is 0.765. The van der Waals surface area contributed by atoms with E-state index >= 15 is 0 Å². The van der Waals surface area contributed by atoms with Crippen LogP contribution in [0.25, 0.3) is 0 Å². The van der Waals surface area contributed by atoms with Gasteiger partial charge in [-0.25, -0.2) is 4.79 Å². The number of rotatable bonds is 6. The molecule has 0 spiro atoms. The van der Waals surface area contributed by atoms with Crippen LogP contribution in [-0.2, 0) is 6.42 Å². The molecule has 3 N–H and O–H groups in total. The molecule has 0 saturated heterocycles. The Kier molecular flexibility index (Phi) is 5.55. The zero-order valence-corrected chi connectivity index (χ0v) is 12.8. The molecule has 1 heterocycles. The van der Waals surface area contributed by atoms with Crippen molar-refractivity contribution in [3.63, 3.8) is 0 Å². The van der Waals surface area contributed by atoms with E-state index in [2.05, 4.69) is 15.8 Å². The van der Waals surface area contributed by atoms with E-state index in [9.17, 15) is 9.90 Å². The lowest BCUT2D eigenvalue weighted by molar-refractivity contribution is 0.239. The Balaban J connectivity index is 2.07. The van der Waals surface area contributed by atoms with Crippen LogP contribution < -0.4 is 10.6 Å². The maximum Gasteiger partial charge on any atom is 0.319 e. The van der Waals surface area contributed by atoms with Gasteiger partial charge in [0.1, 0.15) is 11.4 Å². The summed E-state index contributed by atoms with van der Waals surface area (Å²) in [5.41, 5.74) is 2.27. The number of carbonyl (C=O) groups is 1. The van der Waals surface area contributed by atoms with E-state index in [1.54, 1.807) is 6.92 Å². The predicted molar refractivity (Wildman–Crippen MR) is 83.7 cm³/mol. The zero-order chi connectivity index (χ0) is 15.9. The number of urea groups is 1. The standard InChI is InChI=1S/C16H21N3O3/c1-3-13-15(11(2)22-19-13)18-16(21)17-14(9-10-20)12-7-5-4-6-8-12/h4-8,14,20H,3,9-10H2,1-2H3,(H2,17,18,21)/t14-/m1/s1. The minimum absolute atomic E-state index is 0.00759. The van der Waals surface area contributed by atoms with Crippen LogP contribution in [0.4, 0.5) is 10.5 Å². The van der Waals surface area contributed by atoms with E-state index in [1.807, 2.05) is 37.3 Å². The second-order valence-electron chi connectivity index (χ2n) is 4.99. The average molecular weight is 303 g/mol. The van der Waals surface area contributed by atoms with Crippen molar-refractivity contribution in [3.8, 4) is 0 Å². The van der Waals surface area contributed by atoms with Gasteiger partial charge in [0.2, 0.25) is 0 Å². The molecule has 2 amide bonds. The second-order valence-corrected chi connectivity index (χ2v) is 4.99. The van der Waals surface area contributed by atoms with Crippen LogP contribution in [0.5, 0.6) is 0 Å². The smallest absolute Gasteiger partial charge is 0.319 e. The van der Waals surface area contributed by atoms with Crippen molar-refractivity contribution in [3.05, 3.63) is 47.3 Å². The van der Waals surface area contributed by atoms with Crippen LogP contribution in [0.3, 0.4) is 0 Å². The average Bonchev–Trinajstić information content (AvgIpc) is 2.88. The Hall–Kier alpha value is -2.34. The highest BCUT2D eigenvalue weighted by Crippen LogP contribution is 2.21. The highest BCUT2D eigenvalue weighted by molar-refractivity contribution is 5.90. The van der Waals surface area contributed by atoms with Crippen molar-refractivity contribution in [2.45, 2.75) is 32.7 Å². The second kappa shape index (κ2) is 7.61. The van der Waals surface area contributed by atoms with Crippen molar-refractivity contribution >= 4 is 11.7 Å². The monoisotopic (exact) mass is 303 g/mol. The number of nitrogens with zero attached hydrogens (tertiary/aromatic N) is 1. The fourth-order valence-corrected chi connectivity index (χ4v) is 2.26. The highest BCUT2D eigenvalue weighted by atomic mass is 16.5. The molecule has 0 saturated carbocycles. The molecule has 1 atom stereocenters. The number of hydrogen-bond acceptors (Lipinski definition) is 4. The Morgan fingerprint density at radius 2 is 2.09 bits per heavy atom. The topological polar surface area (TPSA) is 87.4 Å². The number of amides is 2. The van der Waals surface area contributed by atoms with Gasteiger partial charge in [-0.3, -0.25) is 0 Å². The molecule has 0 aliphatic carbocycles. The van der Waals surface area contributed by atoms with Crippen molar-refractivity contribution in [1.82, 2.24) is 10.5 Å². The van der Waals surface area contributed by atoms with E-state index in [4.69, 9.17) is 4.52 Å². The van der Waals surface area contributed by atoms with Gasteiger partial charge in [-0.2, -0.15) is 0 Å². The molecule has 0 unspecified atom stereocenters. The molecule has 0 bridgehead atoms. The summed E-state index contributed by atoms with van der Waals surface area (Å²) in [5, 5.41) is 18.8. The number of anilines is 1. The third-order valence-corrected chi connectivity index (χ3v) is 3.43. The van der Waals surface area contributed by atoms with Crippen molar-refractivity contribution in [2.24, 2.45) is 0 Å². The minimum Gasteiger partial charge on any atom is -0.396 e. The first-order valence-electron chi connectivity index (χ1n) is 7.34. The lowest BCUT2D eigenvalue weighted by Crippen LogP contribution is -2.33. The number of aliphatic hydroxyl groups is 1. The number of aryl methyl sites for hydroxylation is 2. The molecule has 6 heteroatoms. The van der Waals surface area contributed by atoms with Crippen LogP contribution in [0.1, 0.15) is 36.4 Å². The number of aromatic nitrogens is 1. The minimum atomic E-state index is -0.344. The molecule has 0 fully saturated rings. The molecule has 0 aliphatic rings. The van der Waals surface area contributed by atoms with Gasteiger partial charge in [0, 0.05) is 6.61 Å². The van der Waals surface area contributed by atoms with Crippen LogP contribution in [0.2, 0.25) is 0 Å². The summed E-state index contributed by atoms with van der Waals surface area (Å²) in [6.07, 6.45) is 1.12. The summed E-state index contributed by atoms with van der Waals surface area (Å²) >= 11 is 0. The zero-order valence-electron chi connectivity index (χ0n) is 12.8. The van der Waals surface area contributed by atoms with Gasteiger partial charge in [-0.1, -0.05) is 42.4 Å². The molecule has 0 radical (unpaired) electrons. The van der Waals surface area contributed by atoms with Crippen molar-refractivity contribution in [2.75, 3.05) is 11.9 Å². The molecule has 0 aliphatic heterocycles. The van der Waals surface area contributed by atoms with Gasteiger partial charge < -0.3 is 20.3 Å². The molecule has 1 aromatic heterocycles. The summed E-state index contributed by atoms with van der Waals surface area (Å²) in [6.45, 7) is 3.69. The number of aliphatic hydroxyl groups excluding tert-OH is 1. The van der Waals surface area contributed by atoms with Gasteiger partial charge in [0.15, 0.2) is 5.76 Å². The Labute approximate surface area is 129 Å². The summed E-state index contributed by atoms with van der Waals surface area (Å²) in [5.74, 6) is 0.574. The van der Waals surface area contributed by atoms with E-state index in [1.165, 1.54) is 0 Å². The van der Waals surface area contributed by atoms with Crippen LogP contribution in [-0.4, -0.2) is 22.9 Å². The van der Waals surface area contributed by atoms with Gasteiger partial charge >= 0.3 is 6.03 Å². The normalized spacial score (nSPS) is 12.0. The summed E-state index contributed by atoms with van der Waals surface area (Å²) in [4.78, 5) is 12.2. The van der Waals surface area contributed by atoms with E-state index in [0.717, 1.165) is 5.56 Å². The summed E-state index contributed by atoms with van der Waals surface area (Å²) in [6, 6.07) is 8.95. The van der Waals surface area contributed by atoms with Crippen LogP contribution >= 0.6 is 0 Å². The summed E-state index contributed by atoms with van der Waals surface area (Å²) in [7, 11) is 0. The highest BCUT2D eigenvalue weighted by Gasteiger charge is 2.17. The molecule has 1 aromatic carbocycles. The van der Waals surface area contributed by atoms with E-state index in [0.29, 0.717) is 30.0 Å². The number of carbonyl (C=O) groups excluding carboxylic acids is 1. The summed E-state index contributed by atoms with van der Waals surface area (Å²) < 4.78 is 5.09. The molecule has 6 nitrogen and oxygen atoms in total. The molecule has 22 heavy (non-hydrogen) atoms. The lowest BCUT2D eigenvalue weighted by atomic mass is 10.0. The van der Waals surface area contributed by atoms with Crippen molar-refractivity contribution in [1.29, 1.82) is 0 Å². The number of hydrogen-bond donors (Lipinski definition) is 3. The number of benzene rings is 1. The first kappa shape index (κ1) is 16.0. The van der Waals surface area contributed by atoms with Gasteiger partial charge in [-0.15, -0.1) is 0 Å². The molecule has 118 valence electrons. The fourth-order valence-electron chi connectivity index (χ4n) is 2.26. The van der Waals surface area contributed by atoms with Gasteiger partial charge in [0.05, 0.1) is 6.04 Å². The molecule has 2 rings (SSSR count). The largest absolute Gasteiger partial charge is 0.396 e. The maximum absolute atomic E-state index is 12.2. The Morgan fingerprint density at radius 3 is 2.73 bits per heavy atom. The van der Waals surface area contributed by atoms with Crippen molar-refractivity contribution < 1.29 is 14.4 Å². The fraction of sp³-hybridized carbons (Fsp3) is 0.375. The molecule has 2 aromatic rings. The van der Waals surface area contributed by atoms with Gasteiger partial charge in [-0.05, 0) is 25.3 Å². The van der Waals surface area contributed by atoms with Crippen LogP contribution in [0, 0.1) is 6.92 Å². The SMILES string of the molecule is CCc1noc(C)c1NC(=O)N[C@H](CCO)c1ccccc1. The first-order chi connectivity index (χ1) is 10.7. The third-order valence-electron chi connectivity index (χ3n) is 3.43. The molecular formula is C16H21N3O3. The van der Waals surface area contributed by atoms with E-state index < -0.39 is 0 Å². The third kappa shape index (κ3) is 3.85. The van der Waals surface area contributed by atoms with Crippen LogP contribution in [0.15, 0.2) is 34.9 Å². The number of nitrogens with one attached hydrogen (secondary N) is 2. The first-order valence-corrected chi connectivity index (χ1v) is 7.34. The van der Waals surface area contributed by atoms with E-state index in [-0.39, 0.29) is 18.7 Å². The Bertz CT molecular complexity index is 610. The lowest BCUT2D eigenvalue weighted by Gasteiger charge is -2.18. The Morgan fingerprint density at radius 1 is 1.36 bits per heavy atom. The maximum atomic E-state index is 12.2.